The standard InChI is InChI=1S/C10H16ClN3/c1-3-9(11)4-6-13-10-5-7-12-8(2)14-10/h5,7,9H,3-4,6H2,1-2H3,(H,12,13,14). The molecule has 1 aromatic rings. The summed E-state index contributed by atoms with van der Waals surface area (Å²) in [7, 11) is 0. The van der Waals surface area contributed by atoms with Crippen LogP contribution >= 0.6 is 11.6 Å². The van der Waals surface area contributed by atoms with Gasteiger partial charge in [0.05, 0.1) is 0 Å². The van der Waals surface area contributed by atoms with Crippen molar-refractivity contribution >= 4 is 17.4 Å². The zero-order valence-electron chi connectivity index (χ0n) is 8.63. The predicted molar refractivity (Wildman–Crippen MR) is 59.8 cm³/mol. The first kappa shape index (κ1) is 11.2. The van der Waals surface area contributed by atoms with Crippen LogP contribution in [0.2, 0.25) is 0 Å². The van der Waals surface area contributed by atoms with Gasteiger partial charge in [0.1, 0.15) is 11.6 Å². The van der Waals surface area contributed by atoms with Crippen molar-refractivity contribution in [1.82, 2.24) is 9.97 Å². The SMILES string of the molecule is CCC(Cl)CCNc1ccnc(C)n1. The second kappa shape index (κ2) is 5.81. The van der Waals surface area contributed by atoms with Crippen LogP contribution in [-0.2, 0) is 0 Å². The summed E-state index contributed by atoms with van der Waals surface area (Å²) in [5.41, 5.74) is 0. The fourth-order valence-corrected chi connectivity index (χ4v) is 1.22. The van der Waals surface area contributed by atoms with Crippen molar-refractivity contribution in [2.75, 3.05) is 11.9 Å². The van der Waals surface area contributed by atoms with Gasteiger partial charge in [-0.3, -0.25) is 0 Å². The van der Waals surface area contributed by atoms with Crippen LogP contribution in [-0.4, -0.2) is 21.9 Å². The molecule has 0 saturated carbocycles. The van der Waals surface area contributed by atoms with E-state index in [1.54, 1.807) is 6.20 Å². The van der Waals surface area contributed by atoms with Crippen molar-refractivity contribution in [3.63, 3.8) is 0 Å². The maximum absolute atomic E-state index is 5.99. The first-order valence-electron chi connectivity index (χ1n) is 4.90. The highest BCUT2D eigenvalue weighted by Crippen LogP contribution is 2.07. The lowest BCUT2D eigenvalue weighted by Gasteiger charge is -2.08. The van der Waals surface area contributed by atoms with Crippen molar-refractivity contribution in [2.45, 2.75) is 32.1 Å². The van der Waals surface area contributed by atoms with Gasteiger partial charge < -0.3 is 5.32 Å². The molecule has 1 heterocycles. The molecule has 0 radical (unpaired) electrons. The highest BCUT2D eigenvalue weighted by atomic mass is 35.5. The molecule has 1 atom stereocenters. The van der Waals surface area contributed by atoms with Gasteiger partial charge in [-0.1, -0.05) is 6.92 Å². The third kappa shape index (κ3) is 3.92. The van der Waals surface area contributed by atoms with Crippen LogP contribution in [0, 0.1) is 6.92 Å². The van der Waals surface area contributed by atoms with Gasteiger partial charge in [-0.05, 0) is 25.8 Å². The lowest BCUT2D eigenvalue weighted by atomic mass is 10.2. The van der Waals surface area contributed by atoms with Gasteiger partial charge >= 0.3 is 0 Å². The molecule has 0 bridgehead atoms. The molecule has 1 rings (SSSR count). The molecule has 0 aliphatic rings. The Kier molecular flexibility index (Phi) is 4.66. The summed E-state index contributed by atoms with van der Waals surface area (Å²) >= 11 is 5.99. The van der Waals surface area contributed by atoms with E-state index in [1.165, 1.54) is 0 Å². The molecule has 4 heteroatoms. The number of anilines is 1. The summed E-state index contributed by atoms with van der Waals surface area (Å²) in [6.07, 6.45) is 3.72. The summed E-state index contributed by atoms with van der Waals surface area (Å²) in [4.78, 5) is 8.25. The number of halogens is 1. The Morgan fingerprint density at radius 2 is 2.36 bits per heavy atom. The Labute approximate surface area is 89.9 Å². The Balaban J connectivity index is 2.31. The molecule has 1 aromatic heterocycles. The molecule has 0 saturated heterocycles. The molecule has 0 aromatic carbocycles. The second-order valence-corrected chi connectivity index (χ2v) is 3.83. The van der Waals surface area contributed by atoms with Crippen molar-refractivity contribution < 1.29 is 0 Å². The number of rotatable bonds is 5. The quantitative estimate of drug-likeness (QED) is 0.765. The molecule has 0 amide bonds. The second-order valence-electron chi connectivity index (χ2n) is 3.21. The van der Waals surface area contributed by atoms with Crippen LogP contribution in [0.3, 0.4) is 0 Å². The van der Waals surface area contributed by atoms with E-state index in [0.717, 1.165) is 31.0 Å². The number of hydrogen-bond acceptors (Lipinski definition) is 3. The Morgan fingerprint density at radius 1 is 1.57 bits per heavy atom. The number of nitrogens with one attached hydrogen (secondary N) is 1. The minimum atomic E-state index is 0.255. The summed E-state index contributed by atoms with van der Waals surface area (Å²) < 4.78 is 0. The van der Waals surface area contributed by atoms with Crippen molar-refractivity contribution in [1.29, 1.82) is 0 Å². The topological polar surface area (TPSA) is 37.8 Å². The van der Waals surface area contributed by atoms with Crippen molar-refractivity contribution in [3.8, 4) is 0 Å². The average molecular weight is 214 g/mol. The Morgan fingerprint density at radius 3 is 3.00 bits per heavy atom. The van der Waals surface area contributed by atoms with E-state index >= 15 is 0 Å². The van der Waals surface area contributed by atoms with Gasteiger partial charge in [0.15, 0.2) is 0 Å². The lowest BCUT2D eigenvalue weighted by molar-refractivity contribution is 0.751. The molecule has 0 aliphatic carbocycles. The molecular weight excluding hydrogens is 198 g/mol. The summed E-state index contributed by atoms with van der Waals surface area (Å²) in [5.74, 6) is 1.66. The summed E-state index contributed by atoms with van der Waals surface area (Å²) in [6, 6.07) is 1.86. The van der Waals surface area contributed by atoms with E-state index in [4.69, 9.17) is 11.6 Å². The van der Waals surface area contributed by atoms with E-state index in [1.807, 2.05) is 13.0 Å². The molecule has 1 unspecified atom stereocenters. The minimum Gasteiger partial charge on any atom is -0.370 e. The van der Waals surface area contributed by atoms with Gasteiger partial charge in [-0.2, -0.15) is 0 Å². The normalized spacial score (nSPS) is 12.5. The number of hydrogen-bond donors (Lipinski definition) is 1. The molecular formula is C10H16ClN3. The average Bonchev–Trinajstić information content (AvgIpc) is 2.17. The Bertz CT molecular complexity index is 278. The fraction of sp³-hybridized carbons (Fsp3) is 0.600. The largest absolute Gasteiger partial charge is 0.370 e. The maximum Gasteiger partial charge on any atom is 0.129 e. The molecule has 3 nitrogen and oxygen atoms in total. The number of aryl methyl sites for hydroxylation is 1. The van der Waals surface area contributed by atoms with E-state index < -0.39 is 0 Å². The summed E-state index contributed by atoms with van der Waals surface area (Å²) in [5, 5.41) is 3.47. The van der Waals surface area contributed by atoms with Crippen LogP contribution in [0.15, 0.2) is 12.3 Å². The third-order valence-electron chi connectivity index (χ3n) is 1.98. The van der Waals surface area contributed by atoms with Gasteiger partial charge in [-0.15, -0.1) is 11.6 Å². The van der Waals surface area contributed by atoms with Crippen LogP contribution in [0.25, 0.3) is 0 Å². The van der Waals surface area contributed by atoms with E-state index in [0.29, 0.717) is 0 Å². The zero-order chi connectivity index (χ0) is 10.4. The van der Waals surface area contributed by atoms with Gasteiger partial charge in [-0.25, -0.2) is 9.97 Å². The zero-order valence-corrected chi connectivity index (χ0v) is 9.38. The Hall–Kier alpha value is -0.830. The summed E-state index contributed by atoms with van der Waals surface area (Å²) in [6.45, 7) is 4.83. The molecule has 14 heavy (non-hydrogen) atoms. The van der Waals surface area contributed by atoms with Crippen LogP contribution in [0.4, 0.5) is 5.82 Å². The smallest absolute Gasteiger partial charge is 0.129 e. The molecule has 78 valence electrons. The molecule has 0 aliphatic heterocycles. The van der Waals surface area contributed by atoms with Crippen molar-refractivity contribution in [2.24, 2.45) is 0 Å². The van der Waals surface area contributed by atoms with Crippen LogP contribution in [0.1, 0.15) is 25.6 Å². The third-order valence-corrected chi connectivity index (χ3v) is 2.51. The van der Waals surface area contributed by atoms with E-state index in [2.05, 4.69) is 22.2 Å². The van der Waals surface area contributed by atoms with Crippen molar-refractivity contribution in [3.05, 3.63) is 18.1 Å². The lowest BCUT2D eigenvalue weighted by Crippen LogP contribution is -2.09. The number of alkyl halides is 1. The number of nitrogens with zero attached hydrogens (tertiary/aromatic N) is 2. The minimum absolute atomic E-state index is 0.255. The highest BCUT2D eigenvalue weighted by Gasteiger charge is 2.00. The monoisotopic (exact) mass is 213 g/mol. The van der Waals surface area contributed by atoms with Gasteiger partial charge in [0.25, 0.3) is 0 Å². The number of aromatic nitrogens is 2. The highest BCUT2D eigenvalue weighted by molar-refractivity contribution is 6.20. The first-order chi connectivity index (χ1) is 6.72. The van der Waals surface area contributed by atoms with E-state index in [9.17, 15) is 0 Å². The molecule has 0 spiro atoms. The van der Waals surface area contributed by atoms with Crippen LogP contribution in [0.5, 0.6) is 0 Å². The maximum atomic E-state index is 5.99. The van der Waals surface area contributed by atoms with Gasteiger partial charge in [0.2, 0.25) is 0 Å². The molecule has 0 fully saturated rings. The van der Waals surface area contributed by atoms with E-state index in [-0.39, 0.29) is 5.38 Å². The van der Waals surface area contributed by atoms with Crippen LogP contribution < -0.4 is 5.32 Å². The predicted octanol–water partition coefficient (Wildman–Crippen LogP) is 2.60. The van der Waals surface area contributed by atoms with Gasteiger partial charge in [0, 0.05) is 18.1 Å². The first-order valence-corrected chi connectivity index (χ1v) is 5.33. The molecule has 1 N–H and O–H groups in total. The fourth-order valence-electron chi connectivity index (χ4n) is 1.12.